The average Bonchev–Trinajstić information content (AvgIpc) is 2.75. The van der Waals surface area contributed by atoms with Gasteiger partial charge in [-0.05, 0) is 18.9 Å². The molecule has 1 aromatic carbocycles. The molecule has 0 unspecified atom stereocenters. The fourth-order valence-electron chi connectivity index (χ4n) is 2.66. The molecule has 94 valence electrons. The van der Waals surface area contributed by atoms with E-state index in [0.29, 0.717) is 0 Å². The molecule has 2 aromatic rings. The Morgan fingerprint density at radius 3 is 2.94 bits per heavy atom. The maximum absolute atomic E-state index is 4.68. The SMILES string of the molecule is Cc1nn(CCc2ccccc2)c2c1CNCC2. The van der Waals surface area contributed by atoms with Crippen LogP contribution in [0.3, 0.4) is 0 Å². The Labute approximate surface area is 108 Å². The lowest BCUT2D eigenvalue weighted by molar-refractivity contribution is 0.550. The molecule has 0 bridgehead atoms. The van der Waals surface area contributed by atoms with Crippen molar-refractivity contribution in [2.75, 3.05) is 6.54 Å². The van der Waals surface area contributed by atoms with Gasteiger partial charge in [-0.25, -0.2) is 0 Å². The van der Waals surface area contributed by atoms with E-state index < -0.39 is 0 Å². The molecule has 3 nitrogen and oxygen atoms in total. The van der Waals surface area contributed by atoms with Crippen LogP contribution in [0.4, 0.5) is 0 Å². The number of fused-ring (bicyclic) bond motifs is 1. The van der Waals surface area contributed by atoms with Crippen LogP contribution in [0.1, 0.15) is 22.5 Å². The zero-order valence-electron chi connectivity index (χ0n) is 10.8. The van der Waals surface area contributed by atoms with E-state index in [2.05, 4.69) is 52.4 Å². The maximum Gasteiger partial charge on any atom is 0.0641 e. The quantitative estimate of drug-likeness (QED) is 0.891. The van der Waals surface area contributed by atoms with E-state index in [4.69, 9.17) is 0 Å². The summed E-state index contributed by atoms with van der Waals surface area (Å²) in [7, 11) is 0. The van der Waals surface area contributed by atoms with Crippen molar-refractivity contribution in [3.63, 3.8) is 0 Å². The largest absolute Gasteiger partial charge is 0.312 e. The molecule has 0 saturated heterocycles. The predicted octanol–water partition coefficient (Wildman–Crippen LogP) is 2.08. The molecule has 3 heteroatoms. The topological polar surface area (TPSA) is 29.9 Å². The second-order valence-electron chi connectivity index (χ2n) is 4.90. The Bertz CT molecular complexity index is 528. The molecule has 1 N–H and O–H groups in total. The van der Waals surface area contributed by atoms with Gasteiger partial charge >= 0.3 is 0 Å². The highest BCUT2D eigenvalue weighted by molar-refractivity contribution is 5.27. The summed E-state index contributed by atoms with van der Waals surface area (Å²) in [5.74, 6) is 0. The van der Waals surface area contributed by atoms with Crippen molar-refractivity contribution in [2.45, 2.75) is 32.9 Å². The van der Waals surface area contributed by atoms with Crippen LogP contribution >= 0.6 is 0 Å². The predicted molar refractivity (Wildman–Crippen MR) is 72.5 cm³/mol. The Kier molecular flexibility index (Phi) is 3.15. The molecule has 0 atom stereocenters. The van der Waals surface area contributed by atoms with Gasteiger partial charge in [-0.2, -0.15) is 5.10 Å². The number of hydrogen-bond donors (Lipinski definition) is 1. The van der Waals surface area contributed by atoms with E-state index in [-0.39, 0.29) is 0 Å². The number of nitrogens with one attached hydrogen (secondary N) is 1. The van der Waals surface area contributed by atoms with Crippen LogP contribution in [0.2, 0.25) is 0 Å². The molecule has 18 heavy (non-hydrogen) atoms. The summed E-state index contributed by atoms with van der Waals surface area (Å²) in [6.07, 6.45) is 2.16. The van der Waals surface area contributed by atoms with E-state index >= 15 is 0 Å². The highest BCUT2D eigenvalue weighted by atomic mass is 15.3. The van der Waals surface area contributed by atoms with Gasteiger partial charge in [0.2, 0.25) is 0 Å². The number of hydrogen-bond acceptors (Lipinski definition) is 2. The van der Waals surface area contributed by atoms with Gasteiger partial charge in [0, 0.05) is 37.3 Å². The number of rotatable bonds is 3. The van der Waals surface area contributed by atoms with E-state index in [1.54, 1.807) is 0 Å². The van der Waals surface area contributed by atoms with Gasteiger partial charge in [-0.1, -0.05) is 30.3 Å². The van der Waals surface area contributed by atoms with Gasteiger partial charge in [0.1, 0.15) is 0 Å². The van der Waals surface area contributed by atoms with Crippen LogP contribution < -0.4 is 5.32 Å². The number of aromatic nitrogens is 2. The fourth-order valence-corrected chi connectivity index (χ4v) is 2.66. The highest BCUT2D eigenvalue weighted by Gasteiger charge is 2.17. The number of benzene rings is 1. The molecule has 0 saturated carbocycles. The van der Waals surface area contributed by atoms with Crippen molar-refractivity contribution in [1.29, 1.82) is 0 Å². The molecule has 3 rings (SSSR count). The van der Waals surface area contributed by atoms with Crippen molar-refractivity contribution in [3.8, 4) is 0 Å². The monoisotopic (exact) mass is 241 g/mol. The van der Waals surface area contributed by atoms with Crippen molar-refractivity contribution < 1.29 is 0 Å². The molecule has 2 heterocycles. The van der Waals surface area contributed by atoms with E-state index in [0.717, 1.165) is 32.5 Å². The van der Waals surface area contributed by atoms with Crippen LogP contribution in [0.15, 0.2) is 30.3 Å². The van der Waals surface area contributed by atoms with Crippen molar-refractivity contribution in [3.05, 3.63) is 52.8 Å². The van der Waals surface area contributed by atoms with Gasteiger partial charge in [0.05, 0.1) is 5.69 Å². The summed E-state index contributed by atoms with van der Waals surface area (Å²) >= 11 is 0. The lowest BCUT2D eigenvalue weighted by Crippen LogP contribution is -2.25. The van der Waals surface area contributed by atoms with Crippen LogP contribution in [-0.4, -0.2) is 16.3 Å². The minimum absolute atomic E-state index is 0.979. The van der Waals surface area contributed by atoms with Gasteiger partial charge in [0.15, 0.2) is 0 Å². The van der Waals surface area contributed by atoms with Crippen LogP contribution in [-0.2, 0) is 25.9 Å². The van der Waals surface area contributed by atoms with Crippen molar-refractivity contribution in [1.82, 2.24) is 15.1 Å². The highest BCUT2D eigenvalue weighted by Crippen LogP contribution is 2.18. The van der Waals surface area contributed by atoms with E-state index in [1.807, 2.05) is 0 Å². The first kappa shape index (κ1) is 11.5. The second-order valence-corrected chi connectivity index (χ2v) is 4.90. The first-order valence-electron chi connectivity index (χ1n) is 6.64. The van der Waals surface area contributed by atoms with Gasteiger partial charge < -0.3 is 5.32 Å². The van der Waals surface area contributed by atoms with Gasteiger partial charge in [-0.3, -0.25) is 4.68 Å². The molecule has 0 radical (unpaired) electrons. The maximum atomic E-state index is 4.68. The number of nitrogens with zero attached hydrogens (tertiary/aromatic N) is 2. The third kappa shape index (κ3) is 2.18. The molecule has 0 aliphatic carbocycles. The summed E-state index contributed by atoms with van der Waals surface area (Å²) in [6, 6.07) is 10.6. The van der Waals surface area contributed by atoms with Crippen LogP contribution in [0.25, 0.3) is 0 Å². The molecular formula is C15H19N3. The fraction of sp³-hybridized carbons (Fsp3) is 0.400. The molecule has 1 aliphatic heterocycles. The second kappa shape index (κ2) is 4.94. The van der Waals surface area contributed by atoms with Gasteiger partial charge in [-0.15, -0.1) is 0 Å². The molecular weight excluding hydrogens is 222 g/mol. The van der Waals surface area contributed by atoms with Crippen LogP contribution in [0, 0.1) is 6.92 Å². The zero-order chi connectivity index (χ0) is 12.4. The number of aryl methyl sites for hydroxylation is 3. The first-order chi connectivity index (χ1) is 8.84. The Morgan fingerprint density at radius 2 is 2.11 bits per heavy atom. The minimum Gasteiger partial charge on any atom is -0.312 e. The van der Waals surface area contributed by atoms with Gasteiger partial charge in [0.25, 0.3) is 0 Å². The third-order valence-electron chi connectivity index (χ3n) is 3.66. The molecule has 0 fully saturated rings. The molecule has 0 amide bonds. The summed E-state index contributed by atoms with van der Waals surface area (Å²) < 4.78 is 2.21. The van der Waals surface area contributed by atoms with E-state index in [1.165, 1.54) is 22.5 Å². The molecule has 1 aromatic heterocycles. The van der Waals surface area contributed by atoms with Crippen molar-refractivity contribution in [2.24, 2.45) is 0 Å². The molecule has 0 spiro atoms. The zero-order valence-corrected chi connectivity index (χ0v) is 10.8. The Balaban J connectivity index is 1.77. The lowest BCUT2D eigenvalue weighted by atomic mass is 10.1. The van der Waals surface area contributed by atoms with Crippen LogP contribution in [0.5, 0.6) is 0 Å². The lowest BCUT2D eigenvalue weighted by Gasteiger charge is -2.15. The smallest absolute Gasteiger partial charge is 0.0641 e. The summed E-state index contributed by atoms with van der Waals surface area (Å²) in [5, 5.41) is 8.10. The average molecular weight is 241 g/mol. The Morgan fingerprint density at radius 1 is 1.28 bits per heavy atom. The summed E-state index contributed by atoms with van der Waals surface area (Å²) in [4.78, 5) is 0. The first-order valence-corrected chi connectivity index (χ1v) is 6.64. The van der Waals surface area contributed by atoms with E-state index in [9.17, 15) is 0 Å². The minimum atomic E-state index is 0.979. The normalized spacial score (nSPS) is 14.5. The third-order valence-corrected chi connectivity index (χ3v) is 3.66. The van der Waals surface area contributed by atoms with Crippen molar-refractivity contribution >= 4 is 0 Å². The summed E-state index contributed by atoms with van der Waals surface area (Å²) in [6.45, 7) is 5.15. The Hall–Kier alpha value is -1.61. The molecule has 1 aliphatic rings. The standard InChI is InChI=1S/C15H19N3/c1-12-14-11-16-9-7-15(14)18(17-12)10-8-13-5-3-2-4-6-13/h2-6,16H,7-11H2,1H3. The summed E-state index contributed by atoms with van der Waals surface area (Å²) in [5.41, 5.74) is 5.41.